The van der Waals surface area contributed by atoms with Crippen LogP contribution < -0.4 is 0 Å². The molecule has 1 N–H and O–H groups in total. The van der Waals surface area contributed by atoms with Crippen LogP contribution in [0.5, 0.6) is 0 Å². The molecule has 0 spiro atoms. The Morgan fingerprint density at radius 3 is 2.43 bits per heavy atom. The highest BCUT2D eigenvalue weighted by molar-refractivity contribution is 4.60. The average Bonchev–Trinajstić information content (AvgIpc) is 2.12. The van der Waals surface area contributed by atoms with Gasteiger partial charge in [0.15, 0.2) is 0 Å². The molecule has 0 fully saturated rings. The molecule has 0 bridgehead atoms. The van der Waals surface area contributed by atoms with Crippen LogP contribution in [0.15, 0.2) is 0 Å². The standard InChI is InChI=1S/C12H26O2/c1-4-5-6-9-14-12(7-8-13)10-11(2)3/h11-13H,4-10H2,1-3H3. The van der Waals surface area contributed by atoms with Crippen molar-refractivity contribution in [1.29, 1.82) is 0 Å². The maximum absolute atomic E-state index is 8.87. The van der Waals surface area contributed by atoms with E-state index in [9.17, 15) is 0 Å². The summed E-state index contributed by atoms with van der Waals surface area (Å²) in [5.41, 5.74) is 0. The van der Waals surface area contributed by atoms with E-state index >= 15 is 0 Å². The third-order valence-electron chi connectivity index (χ3n) is 2.29. The smallest absolute Gasteiger partial charge is 0.0599 e. The van der Waals surface area contributed by atoms with Gasteiger partial charge in [-0.15, -0.1) is 0 Å². The number of hydrogen-bond acceptors (Lipinski definition) is 2. The minimum atomic E-state index is 0.241. The van der Waals surface area contributed by atoms with Crippen molar-refractivity contribution in [1.82, 2.24) is 0 Å². The molecule has 14 heavy (non-hydrogen) atoms. The van der Waals surface area contributed by atoms with Gasteiger partial charge in [0.1, 0.15) is 0 Å². The highest BCUT2D eigenvalue weighted by atomic mass is 16.5. The number of aliphatic hydroxyl groups is 1. The Kier molecular flexibility index (Phi) is 9.42. The van der Waals surface area contributed by atoms with Crippen molar-refractivity contribution < 1.29 is 9.84 Å². The zero-order chi connectivity index (χ0) is 10.8. The topological polar surface area (TPSA) is 29.5 Å². The average molecular weight is 202 g/mol. The van der Waals surface area contributed by atoms with Crippen LogP contribution in [0.1, 0.15) is 52.9 Å². The first-order chi connectivity index (χ1) is 6.70. The summed E-state index contributed by atoms with van der Waals surface area (Å²) in [5, 5.41) is 8.87. The Morgan fingerprint density at radius 1 is 1.21 bits per heavy atom. The van der Waals surface area contributed by atoms with E-state index in [4.69, 9.17) is 9.84 Å². The number of aliphatic hydroxyl groups excluding tert-OH is 1. The first-order valence-electron chi connectivity index (χ1n) is 5.93. The molecular weight excluding hydrogens is 176 g/mol. The van der Waals surface area contributed by atoms with Gasteiger partial charge >= 0.3 is 0 Å². The first kappa shape index (κ1) is 13.9. The largest absolute Gasteiger partial charge is 0.396 e. The van der Waals surface area contributed by atoms with Crippen molar-refractivity contribution in [2.75, 3.05) is 13.2 Å². The van der Waals surface area contributed by atoms with Crippen molar-refractivity contribution >= 4 is 0 Å². The lowest BCUT2D eigenvalue weighted by molar-refractivity contribution is 0.0209. The number of unbranched alkanes of at least 4 members (excludes halogenated alkanes) is 2. The van der Waals surface area contributed by atoms with Crippen LogP contribution in [0.25, 0.3) is 0 Å². The predicted octanol–water partition coefficient (Wildman–Crippen LogP) is 2.99. The van der Waals surface area contributed by atoms with Crippen molar-refractivity contribution in [3.63, 3.8) is 0 Å². The number of ether oxygens (including phenoxy) is 1. The molecule has 0 saturated heterocycles. The van der Waals surface area contributed by atoms with Gasteiger partial charge in [0, 0.05) is 13.2 Å². The van der Waals surface area contributed by atoms with Gasteiger partial charge < -0.3 is 9.84 Å². The summed E-state index contributed by atoms with van der Waals surface area (Å²) in [6, 6.07) is 0. The fraction of sp³-hybridized carbons (Fsp3) is 1.00. The summed E-state index contributed by atoms with van der Waals surface area (Å²) < 4.78 is 5.74. The van der Waals surface area contributed by atoms with E-state index in [1.807, 2.05) is 0 Å². The summed E-state index contributed by atoms with van der Waals surface area (Å²) in [6.45, 7) is 7.68. The van der Waals surface area contributed by atoms with Gasteiger partial charge in [0.05, 0.1) is 6.10 Å². The van der Waals surface area contributed by atoms with Crippen LogP contribution in [0.2, 0.25) is 0 Å². The molecule has 0 heterocycles. The Hall–Kier alpha value is -0.0800. The SMILES string of the molecule is CCCCCOC(CCO)CC(C)C. The third-order valence-corrected chi connectivity index (χ3v) is 2.29. The van der Waals surface area contributed by atoms with Gasteiger partial charge in [0.25, 0.3) is 0 Å². The molecule has 1 atom stereocenters. The maximum atomic E-state index is 8.87. The minimum absolute atomic E-state index is 0.241. The fourth-order valence-electron chi connectivity index (χ4n) is 1.54. The molecule has 0 saturated carbocycles. The van der Waals surface area contributed by atoms with Crippen molar-refractivity contribution in [3.05, 3.63) is 0 Å². The van der Waals surface area contributed by atoms with Crippen LogP contribution in [0.4, 0.5) is 0 Å². The summed E-state index contributed by atoms with van der Waals surface area (Å²) in [4.78, 5) is 0. The van der Waals surface area contributed by atoms with Crippen LogP contribution in [-0.4, -0.2) is 24.4 Å². The zero-order valence-electron chi connectivity index (χ0n) is 9.96. The molecule has 1 unspecified atom stereocenters. The van der Waals surface area contributed by atoms with Gasteiger partial charge in [-0.05, 0) is 25.2 Å². The molecule has 0 rings (SSSR count). The Balaban J connectivity index is 3.51. The van der Waals surface area contributed by atoms with Crippen molar-refractivity contribution in [3.8, 4) is 0 Å². The van der Waals surface area contributed by atoms with Crippen molar-refractivity contribution in [2.24, 2.45) is 5.92 Å². The highest BCUT2D eigenvalue weighted by Crippen LogP contribution is 2.12. The third kappa shape index (κ3) is 8.52. The number of rotatable bonds is 9. The van der Waals surface area contributed by atoms with Crippen LogP contribution >= 0.6 is 0 Å². The quantitative estimate of drug-likeness (QED) is 0.582. The molecule has 2 nitrogen and oxygen atoms in total. The Bertz CT molecular complexity index is 113. The molecule has 2 heteroatoms. The molecule has 0 aliphatic rings. The summed E-state index contributed by atoms with van der Waals surface area (Å²) >= 11 is 0. The van der Waals surface area contributed by atoms with E-state index in [1.165, 1.54) is 12.8 Å². The number of hydrogen-bond donors (Lipinski definition) is 1. The molecule has 0 aromatic rings. The van der Waals surface area contributed by atoms with Gasteiger partial charge in [-0.25, -0.2) is 0 Å². The normalized spacial score (nSPS) is 13.5. The molecular formula is C12H26O2. The first-order valence-corrected chi connectivity index (χ1v) is 5.93. The van der Waals surface area contributed by atoms with Gasteiger partial charge in [-0.3, -0.25) is 0 Å². The second-order valence-electron chi connectivity index (χ2n) is 4.34. The lowest BCUT2D eigenvalue weighted by Gasteiger charge is -2.18. The predicted molar refractivity (Wildman–Crippen MR) is 60.4 cm³/mol. The molecule has 0 aliphatic carbocycles. The lowest BCUT2D eigenvalue weighted by atomic mass is 10.0. The molecule has 86 valence electrons. The second-order valence-corrected chi connectivity index (χ2v) is 4.34. The van der Waals surface area contributed by atoms with Gasteiger partial charge in [-0.1, -0.05) is 33.6 Å². The maximum Gasteiger partial charge on any atom is 0.0599 e. The molecule has 0 aliphatic heterocycles. The van der Waals surface area contributed by atoms with E-state index in [1.54, 1.807) is 0 Å². The van der Waals surface area contributed by atoms with Gasteiger partial charge in [-0.2, -0.15) is 0 Å². The van der Waals surface area contributed by atoms with Gasteiger partial charge in [0.2, 0.25) is 0 Å². The van der Waals surface area contributed by atoms with E-state index in [0.717, 1.165) is 25.9 Å². The van der Waals surface area contributed by atoms with E-state index in [2.05, 4.69) is 20.8 Å². The van der Waals surface area contributed by atoms with E-state index in [0.29, 0.717) is 5.92 Å². The van der Waals surface area contributed by atoms with E-state index in [-0.39, 0.29) is 12.7 Å². The van der Waals surface area contributed by atoms with Crippen molar-refractivity contribution in [2.45, 2.75) is 59.0 Å². The van der Waals surface area contributed by atoms with E-state index < -0.39 is 0 Å². The Labute approximate surface area is 88.7 Å². The summed E-state index contributed by atoms with van der Waals surface area (Å²) in [6.07, 6.45) is 5.73. The molecule has 0 aromatic heterocycles. The molecule has 0 amide bonds. The second kappa shape index (κ2) is 9.47. The Morgan fingerprint density at radius 2 is 1.93 bits per heavy atom. The highest BCUT2D eigenvalue weighted by Gasteiger charge is 2.10. The summed E-state index contributed by atoms with van der Waals surface area (Å²) in [5.74, 6) is 0.651. The zero-order valence-corrected chi connectivity index (χ0v) is 9.96. The van der Waals surface area contributed by atoms with Crippen LogP contribution in [0, 0.1) is 5.92 Å². The molecule has 0 aromatic carbocycles. The minimum Gasteiger partial charge on any atom is -0.396 e. The summed E-state index contributed by atoms with van der Waals surface area (Å²) in [7, 11) is 0. The molecule has 0 radical (unpaired) electrons. The monoisotopic (exact) mass is 202 g/mol. The van der Waals surface area contributed by atoms with Crippen LogP contribution in [-0.2, 0) is 4.74 Å². The van der Waals surface area contributed by atoms with Crippen LogP contribution in [0.3, 0.4) is 0 Å². The lowest BCUT2D eigenvalue weighted by Crippen LogP contribution is -2.18. The fourth-order valence-corrected chi connectivity index (χ4v) is 1.54.